The van der Waals surface area contributed by atoms with E-state index in [2.05, 4.69) is 35.6 Å². The van der Waals surface area contributed by atoms with E-state index in [0.717, 1.165) is 53.6 Å². The maximum Gasteiger partial charge on any atom is 0.356 e. The van der Waals surface area contributed by atoms with E-state index < -0.39 is 85.9 Å². The van der Waals surface area contributed by atoms with Crippen LogP contribution in [0.2, 0.25) is 0 Å². The van der Waals surface area contributed by atoms with Crippen molar-refractivity contribution in [2.75, 3.05) is 48.9 Å². The molecule has 0 spiro atoms. The lowest BCUT2D eigenvalue weighted by Gasteiger charge is -2.41. The molecule has 25 heteroatoms. The molecule has 2 aromatic carbocycles. The Balaban J connectivity index is 1.67. The zero-order chi connectivity index (χ0) is 37.3. The molecule has 0 aliphatic rings. The van der Waals surface area contributed by atoms with Crippen LogP contribution in [-0.2, 0) is 34.3 Å². The lowest BCUT2D eigenvalue weighted by atomic mass is 10.3. The van der Waals surface area contributed by atoms with Crippen LogP contribution in [0, 0.1) is 6.08 Å². The predicted octanol–water partition coefficient (Wildman–Crippen LogP) is 1.80. The summed E-state index contributed by atoms with van der Waals surface area (Å²) in [4.78, 5) is 35.6. The molecule has 0 amide bonds. The summed E-state index contributed by atoms with van der Waals surface area (Å²) in [6.45, 7) is -0.0312. The van der Waals surface area contributed by atoms with Gasteiger partial charge in [0.05, 0.1) is 22.9 Å². The van der Waals surface area contributed by atoms with E-state index in [0.29, 0.717) is 4.68 Å². The Morgan fingerprint density at radius 3 is 2.32 bits per heavy atom. The number of carboxylic acids is 1. The van der Waals surface area contributed by atoms with Crippen LogP contribution in [0.1, 0.15) is 10.5 Å². The highest BCUT2D eigenvalue weighted by Gasteiger charge is 2.26. The Morgan fingerprint density at radius 1 is 1.08 bits per heavy atom. The lowest BCUT2D eigenvalue weighted by Crippen LogP contribution is -2.46. The molecule has 0 fully saturated rings. The van der Waals surface area contributed by atoms with Crippen LogP contribution in [0.5, 0.6) is 0 Å². The van der Waals surface area contributed by atoms with Crippen LogP contribution in [-0.4, -0.2) is 109 Å². The van der Waals surface area contributed by atoms with Crippen LogP contribution in [0.15, 0.2) is 67.3 Å². The quantitative estimate of drug-likeness (QED) is 0.0788. The van der Waals surface area contributed by atoms with Gasteiger partial charge in [-0.05, 0) is 42.5 Å². The molecule has 6 N–H and O–H groups in total. The van der Waals surface area contributed by atoms with Crippen molar-refractivity contribution in [2.45, 2.75) is 9.79 Å². The Labute approximate surface area is 281 Å². The Hall–Kier alpha value is -5.05. The first-order valence-corrected chi connectivity index (χ1v) is 19.0. The van der Waals surface area contributed by atoms with Crippen molar-refractivity contribution in [3.8, 4) is 5.69 Å². The van der Waals surface area contributed by atoms with Crippen LogP contribution < -0.4 is 15.8 Å². The number of hydrogen-bond acceptors (Lipinski definition) is 15. The number of methoxy groups -OCH3 is 1. The summed E-state index contributed by atoms with van der Waals surface area (Å²) >= 11 is 0. The second kappa shape index (κ2) is 13.7. The zero-order valence-corrected chi connectivity index (χ0v) is 28.4. The van der Waals surface area contributed by atoms with Gasteiger partial charge in [-0.1, -0.05) is 0 Å². The number of anilines is 3. The van der Waals surface area contributed by atoms with Crippen molar-refractivity contribution in [1.29, 1.82) is 0 Å². The number of aromatic nitrogens is 5. The van der Waals surface area contributed by atoms with Crippen LogP contribution in [0.4, 0.5) is 33.3 Å². The molecular weight excluding hydrogens is 734 g/mol. The number of rotatable bonds is 14. The molecule has 2 aromatic heterocycles. The number of azo groups is 1. The Kier molecular flexibility index (Phi) is 10.3. The summed E-state index contributed by atoms with van der Waals surface area (Å²) in [5.41, 5.74) is -3.54. The second-order valence-electron chi connectivity index (χ2n) is 10.7. The number of carbonyl (C=O) groups is 1. The number of hydrogen-bond donors (Lipinski definition) is 6. The first-order valence-electron chi connectivity index (χ1n) is 13.5. The van der Waals surface area contributed by atoms with E-state index in [-0.39, 0.29) is 29.7 Å². The minimum Gasteiger partial charge on any atom is -0.476 e. The minimum atomic E-state index is -5.08. The average molecular weight is 762 g/mol. The molecule has 0 aliphatic carbocycles. The molecule has 0 unspecified atom stereocenters. The molecule has 2 heterocycles. The maximum absolute atomic E-state index is 14.4. The number of nitrogens with one attached hydrogen (secondary N) is 2. The van der Waals surface area contributed by atoms with E-state index in [1.165, 1.54) is 14.2 Å². The normalized spacial score (nSPS) is 13.2. The average Bonchev–Trinajstić information content (AvgIpc) is 3.34. The number of nitrogens with zero attached hydrogens (tertiary/aromatic N) is 7. The number of halogens is 1. The smallest absolute Gasteiger partial charge is 0.356 e. The van der Waals surface area contributed by atoms with Gasteiger partial charge in [0.15, 0.2) is 11.4 Å². The molecule has 0 saturated heterocycles. The van der Waals surface area contributed by atoms with Crippen LogP contribution >= 0.6 is 0 Å². The molecule has 4 aromatic rings. The Morgan fingerprint density at radius 2 is 1.74 bits per heavy atom. The summed E-state index contributed by atoms with van der Waals surface area (Å²) < 4.78 is 110. The van der Waals surface area contributed by atoms with Crippen molar-refractivity contribution in [2.24, 2.45) is 10.2 Å². The second-order valence-corrected chi connectivity index (χ2v) is 17.6. The van der Waals surface area contributed by atoms with Crippen molar-refractivity contribution in [3.05, 3.63) is 64.6 Å². The number of H-pyrrole nitrogens is 1. The van der Waals surface area contributed by atoms with Gasteiger partial charge in [0.25, 0.3) is 25.8 Å². The molecule has 0 aliphatic heterocycles. The van der Waals surface area contributed by atoms with E-state index in [1.54, 1.807) is 0 Å². The molecule has 270 valence electrons. The number of aromatic carboxylic acids is 1. The van der Waals surface area contributed by atoms with Gasteiger partial charge < -0.3 is 24.6 Å². The van der Waals surface area contributed by atoms with Crippen LogP contribution in [0.3, 0.4) is 0 Å². The van der Waals surface area contributed by atoms with Gasteiger partial charge in [0.1, 0.15) is 16.5 Å². The first kappa shape index (κ1) is 37.8. The summed E-state index contributed by atoms with van der Waals surface area (Å²) in [5, 5.41) is 21.6. The molecule has 0 radical (unpaired) electrons. The summed E-state index contributed by atoms with van der Waals surface area (Å²) in [7, 11) is -11.3. The molecule has 4 rings (SSSR count). The number of aromatic amines is 1. The third-order valence-corrected chi connectivity index (χ3v) is 10.5. The van der Waals surface area contributed by atoms with E-state index in [9.17, 15) is 49.2 Å². The number of ether oxygens (including phenoxy) is 1. The fraction of sp³-hybridized carbons (Fsp3) is 0.240. The highest BCUT2D eigenvalue weighted by Crippen LogP contribution is 2.31. The predicted molar refractivity (Wildman–Crippen MR) is 173 cm³/mol. The zero-order valence-electron chi connectivity index (χ0n) is 26.0. The number of carboxylic acid groups (broad SMARTS) is 1. The fourth-order valence-electron chi connectivity index (χ4n) is 4.21. The molecule has 0 saturated carbocycles. The van der Waals surface area contributed by atoms with Gasteiger partial charge in [-0.3, -0.25) is 19.0 Å². The molecular formula is C25H28FN9O12S3. The first-order chi connectivity index (χ1) is 23.1. The SMILES string of the molecule is COCCS(C)(=O)(O)CN(C)c1nc(F)nc(Nc2ccc(N=Nc3c(C(=O)O)[nH]n(-c4ccc(S(=O)(=O)O)cc4)c3=O)c(S(=O)(=O)O)c2)n1. The van der Waals surface area contributed by atoms with Crippen LogP contribution in [0.25, 0.3) is 5.69 Å². The van der Waals surface area contributed by atoms with Gasteiger partial charge >= 0.3 is 12.0 Å². The van der Waals surface area contributed by atoms with E-state index in [4.69, 9.17) is 9.29 Å². The maximum atomic E-state index is 14.4. The molecule has 21 nitrogen and oxygen atoms in total. The minimum absolute atomic E-state index is 0.0312. The molecule has 50 heavy (non-hydrogen) atoms. The molecule has 0 atom stereocenters. The third kappa shape index (κ3) is 9.14. The molecule has 0 bridgehead atoms. The summed E-state index contributed by atoms with van der Waals surface area (Å²) in [5.74, 6) is -3.27. The van der Waals surface area contributed by atoms with Gasteiger partial charge in [0.2, 0.25) is 11.9 Å². The third-order valence-electron chi connectivity index (χ3n) is 6.50. The summed E-state index contributed by atoms with van der Waals surface area (Å²) in [6, 6.07) is 6.98. The van der Waals surface area contributed by atoms with E-state index in [1.807, 2.05) is 0 Å². The largest absolute Gasteiger partial charge is 0.476 e. The van der Waals surface area contributed by atoms with Gasteiger partial charge in [0, 0.05) is 26.1 Å². The highest BCUT2D eigenvalue weighted by atomic mass is 32.3. The van der Waals surface area contributed by atoms with Gasteiger partial charge in [-0.15, -0.1) is 10.2 Å². The highest BCUT2D eigenvalue weighted by molar-refractivity contribution is 8.14. The summed E-state index contributed by atoms with van der Waals surface area (Å²) in [6.07, 6.45) is -0.193. The van der Waals surface area contributed by atoms with Crippen molar-refractivity contribution in [3.63, 3.8) is 0 Å². The van der Waals surface area contributed by atoms with Crippen molar-refractivity contribution in [1.82, 2.24) is 24.7 Å². The Bertz CT molecular complexity index is 2340. The topological polar surface area (TPSA) is 309 Å². The van der Waals surface area contributed by atoms with E-state index >= 15 is 0 Å². The van der Waals surface area contributed by atoms with Gasteiger partial charge in [-0.2, -0.15) is 45.5 Å². The lowest BCUT2D eigenvalue weighted by molar-refractivity contribution is 0.0690. The van der Waals surface area contributed by atoms with Crippen molar-refractivity contribution < 1.29 is 53.7 Å². The standard InChI is InChI=1S/C25H28FN9O12S3/c1-34(13-50(3,45,46)11-10-47-2)25-29-23(26)28-24(30-25)27-14-4-9-17(18(12-14)49(42,43)44)31-32-19-20(22(37)38)33-35(21(19)36)15-5-7-16(8-6-15)48(39,40)41/h4-9,12,33H,10-11,13H2,1-3H3,(H,37,38)(H,45,46)(H,39,40,41)(H,42,43,44)(H,27,28,29,30). The van der Waals surface area contributed by atoms with Gasteiger partial charge in [-0.25, -0.2) is 13.7 Å². The van der Waals surface area contributed by atoms with Crippen molar-refractivity contribution >= 4 is 64.5 Å². The monoisotopic (exact) mass is 761 g/mol. The fourth-order valence-corrected chi connectivity index (χ4v) is 7.17. The number of benzene rings is 2.